The second-order valence-electron chi connectivity index (χ2n) is 5.10. The monoisotopic (exact) mass is 300 g/mol. The zero-order valence-electron chi connectivity index (χ0n) is 12.9. The molecule has 6 heteroatoms. The van der Waals surface area contributed by atoms with Crippen LogP contribution in [-0.4, -0.2) is 36.2 Å². The van der Waals surface area contributed by atoms with Crippen LogP contribution in [0.3, 0.4) is 0 Å². The summed E-state index contributed by atoms with van der Waals surface area (Å²) in [4.78, 5) is 34.2. The van der Waals surface area contributed by atoms with Gasteiger partial charge in [0.15, 0.2) is 0 Å². The largest absolute Gasteiger partial charge is 0.462 e. The summed E-state index contributed by atoms with van der Waals surface area (Å²) in [5.74, 6) is -0.908. The molecule has 1 rings (SSSR count). The normalized spacial score (nSPS) is 25.0. The lowest BCUT2D eigenvalue weighted by Crippen LogP contribution is -2.39. The molecule has 1 aliphatic rings. The molecule has 0 unspecified atom stereocenters. The van der Waals surface area contributed by atoms with Crippen LogP contribution in [-0.2, 0) is 28.6 Å². The number of esters is 3. The quantitative estimate of drug-likeness (QED) is 0.552. The lowest BCUT2D eigenvalue weighted by molar-refractivity contribution is -0.169. The fraction of sp³-hybridized carbons (Fsp3) is 0.800. The SMILES string of the molecule is CCC(=O)OC1CC(OC(=O)CC)CC(OC(=O)CC)C1. The van der Waals surface area contributed by atoms with Crippen molar-refractivity contribution in [1.29, 1.82) is 0 Å². The molecule has 6 nitrogen and oxygen atoms in total. The number of hydrogen-bond acceptors (Lipinski definition) is 6. The summed E-state index contributed by atoms with van der Waals surface area (Å²) < 4.78 is 15.9. The van der Waals surface area contributed by atoms with Crippen LogP contribution in [0.15, 0.2) is 0 Å². The summed E-state index contributed by atoms with van der Waals surface area (Å²) in [6, 6.07) is 0. The first-order valence-corrected chi connectivity index (χ1v) is 7.56. The van der Waals surface area contributed by atoms with Gasteiger partial charge in [-0.05, 0) is 0 Å². The van der Waals surface area contributed by atoms with Crippen LogP contribution < -0.4 is 0 Å². The highest BCUT2D eigenvalue weighted by atomic mass is 16.6. The van der Waals surface area contributed by atoms with Gasteiger partial charge in [0.05, 0.1) is 0 Å². The second-order valence-corrected chi connectivity index (χ2v) is 5.10. The summed E-state index contributed by atoms with van der Waals surface area (Å²) >= 11 is 0. The summed E-state index contributed by atoms with van der Waals surface area (Å²) in [6.07, 6.45) is 1.09. The molecule has 0 saturated heterocycles. The molecule has 1 saturated carbocycles. The molecule has 1 fully saturated rings. The topological polar surface area (TPSA) is 78.9 Å². The maximum absolute atomic E-state index is 11.4. The Morgan fingerprint density at radius 3 is 1.10 bits per heavy atom. The number of hydrogen-bond donors (Lipinski definition) is 0. The van der Waals surface area contributed by atoms with Gasteiger partial charge in [-0.3, -0.25) is 14.4 Å². The van der Waals surface area contributed by atoms with Gasteiger partial charge in [0.25, 0.3) is 0 Å². The van der Waals surface area contributed by atoms with E-state index in [1.165, 1.54) is 0 Å². The lowest BCUT2D eigenvalue weighted by Gasteiger charge is -2.33. The van der Waals surface area contributed by atoms with Gasteiger partial charge in [-0.25, -0.2) is 0 Å². The van der Waals surface area contributed by atoms with Crippen LogP contribution in [0.25, 0.3) is 0 Å². The molecule has 0 heterocycles. The molecule has 0 bridgehead atoms. The Morgan fingerprint density at radius 2 is 0.905 bits per heavy atom. The molecule has 21 heavy (non-hydrogen) atoms. The Morgan fingerprint density at radius 1 is 0.667 bits per heavy atom. The predicted octanol–water partition coefficient (Wildman–Crippen LogP) is 2.14. The van der Waals surface area contributed by atoms with Gasteiger partial charge in [-0.1, -0.05) is 20.8 Å². The van der Waals surface area contributed by atoms with E-state index < -0.39 is 0 Å². The smallest absolute Gasteiger partial charge is 0.305 e. The minimum Gasteiger partial charge on any atom is -0.462 e. The van der Waals surface area contributed by atoms with Crippen molar-refractivity contribution >= 4 is 17.9 Å². The van der Waals surface area contributed by atoms with Crippen LogP contribution in [0, 0.1) is 0 Å². The number of carbonyl (C=O) groups is 3. The van der Waals surface area contributed by atoms with Crippen molar-refractivity contribution in [1.82, 2.24) is 0 Å². The Balaban J connectivity index is 2.65. The Hall–Kier alpha value is -1.59. The molecule has 0 aliphatic heterocycles. The van der Waals surface area contributed by atoms with Crippen molar-refractivity contribution in [2.75, 3.05) is 0 Å². The molecule has 0 atom stereocenters. The van der Waals surface area contributed by atoms with E-state index in [1.54, 1.807) is 20.8 Å². The highest BCUT2D eigenvalue weighted by Crippen LogP contribution is 2.27. The molecule has 0 aromatic carbocycles. The molecular formula is C15H24O6. The van der Waals surface area contributed by atoms with Crippen LogP contribution in [0.1, 0.15) is 59.3 Å². The van der Waals surface area contributed by atoms with Gasteiger partial charge in [0.1, 0.15) is 18.3 Å². The van der Waals surface area contributed by atoms with Crippen LogP contribution >= 0.6 is 0 Å². The maximum atomic E-state index is 11.4. The van der Waals surface area contributed by atoms with Gasteiger partial charge in [-0.2, -0.15) is 0 Å². The average Bonchev–Trinajstić information content (AvgIpc) is 2.46. The van der Waals surface area contributed by atoms with Crippen molar-refractivity contribution in [3.63, 3.8) is 0 Å². The summed E-state index contributed by atoms with van der Waals surface area (Å²) in [5.41, 5.74) is 0. The van der Waals surface area contributed by atoms with Crippen molar-refractivity contribution in [3.05, 3.63) is 0 Å². The second kappa shape index (κ2) is 8.64. The van der Waals surface area contributed by atoms with Gasteiger partial charge < -0.3 is 14.2 Å². The first kappa shape index (κ1) is 17.5. The van der Waals surface area contributed by atoms with Crippen molar-refractivity contribution < 1.29 is 28.6 Å². The number of rotatable bonds is 6. The van der Waals surface area contributed by atoms with E-state index in [0.29, 0.717) is 19.3 Å². The van der Waals surface area contributed by atoms with E-state index in [1.807, 2.05) is 0 Å². The van der Waals surface area contributed by atoms with Crippen molar-refractivity contribution in [3.8, 4) is 0 Å². The van der Waals surface area contributed by atoms with E-state index in [0.717, 1.165) is 0 Å². The first-order chi connectivity index (χ1) is 9.98. The first-order valence-electron chi connectivity index (χ1n) is 7.56. The minimum absolute atomic E-state index is 0.287. The Kier molecular flexibility index (Phi) is 7.19. The zero-order valence-corrected chi connectivity index (χ0v) is 12.9. The van der Waals surface area contributed by atoms with E-state index >= 15 is 0 Å². The minimum atomic E-state index is -0.379. The van der Waals surface area contributed by atoms with Crippen LogP contribution in [0.4, 0.5) is 0 Å². The Labute approximate surface area is 125 Å². The lowest BCUT2D eigenvalue weighted by atomic mass is 9.92. The molecule has 0 amide bonds. The molecule has 0 radical (unpaired) electrons. The molecule has 1 aliphatic carbocycles. The third-order valence-electron chi connectivity index (χ3n) is 3.34. The van der Waals surface area contributed by atoms with E-state index in [2.05, 4.69) is 0 Å². The fourth-order valence-electron chi connectivity index (χ4n) is 2.26. The molecule has 0 aromatic heterocycles. The molecule has 0 spiro atoms. The van der Waals surface area contributed by atoms with Gasteiger partial charge in [0, 0.05) is 38.5 Å². The van der Waals surface area contributed by atoms with Gasteiger partial charge in [0.2, 0.25) is 0 Å². The van der Waals surface area contributed by atoms with Crippen molar-refractivity contribution in [2.24, 2.45) is 0 Å². The van der Waals surface area contributed by atoms with Crippen LogP contribution in [0.2, 0.25) is 0 Å². The molecule has 0 N–H and O–H groups in total. The van der Waals surface area contributed by atoms with E-state index in [4.69, 9.17) is 14.2 Å². The third-order valence-corrected chi connectivity index (χ3v) is 3.34. The zero-order chi connectivity index (χ0) is 15.8. The standard InChI is InChI=1S/C15H24O6/c1-4-13(16)19-10-7-11(20-14(17)5-2)9-12(8-10)21-15(18)6-3/h10-12H,4-9H2,1-3H3. The number of carbonyl (C=O) groups excluding carboxylic acids is 3. The third kappa shape index (κ3) is 6.14. The van der Waals surface area contributed by atoms with E-state index in [-0.39, 0.29) is 55.5 Å². The Bertz CT molecular complexity index is 315. The maximum Gasteiger partial charge on any atom is 0.305 e. The fourth-order valence-corrected chi connectivity index (χ4v) is 2.26. The van der Waals surface area contributed by atoms with Crippen molar-refractivity contribution in [2.45, 2.75) is 77.6 Å². The number of ether oxygens (including phenoxy) is 3. The predicted molar refractivity (Wildman–Crippen MR) is 74.4 cm³/mol. The average molecular weight is 300 g/mol. The van der Waals surface area contributed by atoms with Crippen LogP contribution in [0.5, 0.6) is 0 Å². The summed E-state index contributed by atoms with van der Waals surface area (Å²) in [6.45, 7) is 5.15. The highest BCUT2D eigenvalue weighted by molar-refractivity contribution is 5.70. The molecular weight excluding hydrogens is 276 g/mol. The molecule has 120 valence electrons. The summed E-state index contributed by atoms with van der Waals surface area (Å²) in [5, 5.41) is 0. The van der Waals surface area contributed by atoms with Gasteiger partial charge in [-0.15, -0.1) is 0 Å². The van der Waals surface area contributed by atoms with E-state index in [9.17, 15) is 14.4 Å². The molecule has 0 aromatic rings. The summed E-state index contributed by atoms with van der Waals surface area (Å²) in [7, 11) is 0. The van der Waals surface area contributed by atoms with Gasteiger partial charge >= 0.3 is 17.9 Å². The highest BCUT2D eigenvalue weighted by Gasteiger charge is 2.34.